The zero-order valence-corrected chi connectivity index (χ0v) is 63.1. The van der Waals surface area contributed by atoms with Gasteiger partial charge in [0.1, 0.15) is 25.8 Å². The Labute approximate surface area is 610 Å². The summed E-state index contributed by atoms with van der Waals surface area (Å²) < 4.78 is 132. The molecule has 32 heteroatoms. The van der Waals surface area contributed by atoms with E-state index in [1.165, 1.54) is 51.5 Å². The first-order valence-electron chi connectivity index (χ1n) is 29.2. The van der Waals surface area contributed by atoms with Gasteiger partial charge in [-0.25, -0.2) is 53.4 Å². The number of hydrogen-bond acceptors (Lipinski definition) is 17. The maximum Gasteiger partial charge on any atom is 0.278 e. The van der Waals surface area contributed by atoms with E-state index in [0.717, 1.165) is 61.3 Å². The van der Waals surface area contributed by atoms with E-state index in [9.17, 15) is 39.6 Å². The molecule has 12 rings (SSSR count). The Bertz CT molecular complexity index is 4840. The number of nitrogens with zero attached hydrogens (tertiary/aromatic N) is 6. The molecule has 9 aromatic rings. The first kappa shape index (κ1) is 73.9. The van der Waals surface area contributed by atoms with Gasteiger partial charge in [-0.05, 0) is 139 Å². The van der Waals surface area contributed by atoms with Crippen LogP contribution in [0, 0.1) is 6.92 Å². The summed E-state index contributed by atoms with van der Waals surface area (Å²) in [4.78, 5) is 56.2. The van der Waals surface area contributed by atoms with Gasteiger partial charge in [-0.3, -0.25) is 14.4 Å². The fourth-order valence-electron chi connectivity index (χ4n) is 10.6. The van der Waals surface area contributed by atoms with Crippen molar-refractivity contribution >= 4 is 175 Å². The van der Waals surface area contributed by atoms with Crippen molar-refractivity contribution in [3.8, 4) is 5.75 Å². The first-order valence-corrected chi connectivity index (χ1v) is 40.1. The standard InChI is InChI=1S/C23H21BrClFN2O4S2.C22H19BrClFN2O3S2.C20H16BrClFN3O3S2/c1-14(16-5-3-4-6-19(16)32-2)20-12-27-22(33-20)23(26)13-28(9-10-34(23,30)31)21(29)15-7-8-17(24)18(25)11-15;1-14-4-2-3-5-15(14)10-17-12-26-21(31-17)22(25)13-27(8-9-32(22,29)30)20(28)16-6-7-18(23)19(24)11-16;21-15-7-6-13(10-16(15)22)18(27)26-8-9-31(28,29)20(23,12-26)19-24-11-17(30-19)25-14-4-2-1-3-5-14/h3-8,11-12,14H,9-10,13H2,1-2H3;2-7,11-12H,8-10,13H2,1H3;1-7,10-11,25H,8-9,12H2. The Hall–Kier alpha value is -5.83. The largest absolute Gasteiger partial charge is 0.496 e. The lowest BCUT2D eigenvalue weighted by Crippen LogP contribution is -2.53. The van der Waals surface area contributed by atoms with Crippen LogP contribution in [0.25, 0.3) is 0 Å². The van der Waals surface area contributed by atoms with Crippen LogP contribution in [0.3, 0.4) is 0 Å². The van der Waals surface area contributed by atoms with Crippen molar-refractivity contribution in [1.29, 1.82) is 0 Å². The van der Waals surface area contributed by atoms with Crippen LogP contribution in [0.4, 0.5) is 23.9 Å². The molecule has 3 aromatic heterocycles. The van der Waals surface area contributed by atoms with E-state index in [1.54, 1.807) is 43.5 Å². The number of benzene rings is 6. The summed E-state index contributed by atoms with van der Waals surface area (Å²) in [5.41, 5.74) is 4.56. The van der Waals surface area contributed by atoms with Crippen molar-refractivity contribution in [3.05, 3.63) is 239 Å². The van der Waals surface area contributed by atoms with Crippen LogP contribution in [0.1, 0.15) is 85.4 Å². The molecule has 17 nitrogen and oxygen atoms in total. The Morgan fingerprint density at radius 3 is 1.44 bits per heavy atom. The zero-order chi connectivity index (χ0) is 70.0. The van der Waals surface area contributed by atoms with Gasteiger partial charge in [-0.1, -0.05) is 114 Å². The predicted octanol–water partition coefficient (Wildman–Crippen LogP) is 15.6. The maximum atomic E-state index is 16.3. The minimum absolute atomic E-state index is 0.0953. The highest BCUT2D eigenvalue weighted by Crippen LogP contribution is 2.45. The second kappa shape index (κ2) is 30.2. The van der Waals surface area contributed by atoms with Crippen molar-refractivity contribution in [1.82, 2.24) is 29.7 Å². The van der Waals surface area contributed by atoms with E-state index in [1.807, 2.05) is 92.7 Å². The average Bonchev–Trinajstić information content (AvgIpc) is 1.75. The van der Waals surface area contributed by atoms with Gasteiger partial charge >= 0.3 is 0 Å². The van der Waals surface area contributed by atoms with Gasteiger partial charge in [0.05, 0.1) is 65.3 Å². The van der Waals surface area contributed by atoms with Gasteiger partial charge in [-0.2, -0.15) is 0 Å². The van der Waals surface area contributed by atoms with Gasteiger partial charge in [0.25, 0.3) is 32.7 Å². The number of thiazole rings is 3. The van der Waals surface area contributed by atoms with E-state index < -0.39 is 99.1 Å². The lowest BCUT2D eigenvalue weighted by Gasteiger charge is -2.35. The van der Waals surface area contributed by atoms with Gasteiger partial charge in [0.2, 0.25) is 0 Å². The number of aryl methyl sites for hydroxylation is 1. The molecule has 0 spiro atoms. The molecule has 3 amide bonds. The Kier molecular flexibility index (Phi) is 23.0. The third-order valence-electron chi connectivity index (χ3n) is 16.2. The molecule has 3 aliphatic rings. The summed E-state index contributed by atoms with van der Waals surface area (Å²) in [6.07, 6.45) is 4.92. The van der Waals surface area contributed by atoms with E-state index in [2.05, 4.69) is 68.1 Å². The summed E-state index contributed by atoms with van der Waals surface area (Å²) in [5, 5.41) is -4.32. The van der Waals surface area contributed by atoms with Crippen LogP contribution in [-0.2, 0) is 50.9 Å². The van der Waals surface area contributed by atoms with Crippen LogP contribution < -0.4 is 10.1 Å². The first-order chi connectivity index (χ1) is 45.9. The van der Waals surface area contributed by atoms with Crippen LogP contribution >= 0.6 is 117 Å². The second-order valence-electron chi connectivity index (χ2n) is 22.5. The number of ether oxygens (including phenoxy) is 1. The van der Waals surface area contributed by atoms with E-state index in [-0.39, 0.29) is 57.3 Å². The smallest absolute Gasteiger partial charge is 0.278 e. The average molecular weight is 1690 g/mol. The van der Waals surface area contributed by atoms with Crippen molar-refractivity contribution in [2.24, 2.45) is 0 Å². The summed E-state index contributed by atoms with van der Waals surface area (Å²) in [5.74, 6) is -2.47. The van der Waals surface area contributed by atoms with E-state index in [0.29, 0.717) is 50.5 Å². The highest BCUT2D eigenvalue weighted by Gasteiger charge is 2.56. The number of hydrogen-bond donors (Lipinski definition) is 1. The number of aromatic nitrogens is 3. The highest BCUT2D eigenvalue weighted by atomic mass is 79.9. The molecule has 6 aromatic carbocycles. The summed E-state index contributed by atoms with van der Waals surface area (Å²) >= 11 is 30.9. The maximum absolute atomic E-state index is 16.3. The minimum Gasteiger partial charge on any atom is -0.496 e. The number of nitrogens with one attached hydrogen (secondary N) is 1. The second-order valence-corrected chi connectivity index (χ2v) is 36.3. The molecule has 4 unspecified atom stereocenters. The summed E-state index contributed by atoms with van der Waals surface area (Å²) in [6, 6.07) is 38.4. The zero-order valence-electron chi connectivity index (χ0n) is 51.2. The lowest BCUT2D eigenvalue weighted by atomic mass is 9.99. The van der Waals surface area contributed by atoms with E-state index >= 15 is 13.2 Å². The van der Waals surface area contributed by atoms with Crippen LogP contribution in [-0.4, -0.2) is 136 Å². The Morgan fingerprint density at radius 1 is 0.567 bits per heavy atom. The van der Waals surface area contributed by atoms with Gasteiger partial charge in [-0.15, -0.1) is 22.7 Å². The molecule has 3 fully saturated rings. The number of carbonyl (C=O) groups is 3. The molecule has 3 saturated heterocycles. The number of halogens is 9. The molecule has 0 radical (unpaired) electrons. The lowest BCUT2D eigenvalue weighted by molar-refractivity contribution is 0.0660. The molecule has 0 bridgehead atoms. The number of rotatable bonds is 13. The normalized spacial score (nSPS) is 20.5. The fourth-order valence-corrected chi connectivity index (χ4v) is 20.4. The highest BCUT2D eigenvalue weighted by molar-refractivity contribution is 9.11. The Balaban J connectivity index is 0.000000158. The number of sulfone groups is 3. The number of amides is 3. The molecule has 510 valence electrons. The van der Waals surface area contributed by atoms with Gasteiger partial charge in [0, 0.05) is 95.5 Å². The third-order valence-corrected chi connectivity index (χ3v) is 29.8. The number of methoxy groups -OCH3 is 1. The Morgan fingerprint density at radius 2 is 0.979 bits per heavy atom. The van der Waals surface area contributed by atoms with E-state index in [4.69, 9.17) is 39.5 Å². The molecule has 0 saturated carbocycles. The van der Waals surface area contributed by atoms with Gasteiger partial charge < -0.3 is 24.8 Å². The minimum atomic E-state index is -4.20. The molecule has 97 heavy (non-hydrogen) atoms. The predicted molar refractivity (Wildman–Crippen MR) is 385 cm³/mol. The van der Waals surface area contributed by atoms with Crippen LogP contribution in [0.5, 0.6) is 5.75 Å². The van der Waals surface area contributed by atoms with Crippen molar-refractivity contribution in [2.75, 3.05) is 69.0 Å². The number of anilines is 2. The monoisotopic (exact) mass is 1680 g/mol. The topological polar surface area (TPSA) is 223 Å². The summed E-state index contributed by atoms with van der Waals surface area (Å²) in [6.45, 7) is 1.69. The van der Waals surface area contributed by atoms with Crippen LogP contribution in [0.15, 0.2) is 165 Å². The number of alkyl halides is 3. The SMILES string of the molecule is COc1ccccc1C(C)c1cnc(C2(F)CN(C(=O)c3ccc(Br)c(Cl)c3)CCS2(=O)=O)s1.Cc1ccccc1Cc1cnc(C2(F)CN(C(=O)c3ccc(Br)c(Cl)c3)CCS2(=O)=O)s1.O=C(c1ccc(Br)c(Cl)c1)N1CCS(=O)(=O)C(F)(c2ncc(Nc3ccccc3)s2)C1. The molecular formula is C65H56Br3Cl3F3N7O10S6. The molecule has 3 aliphatic heterocycles. The molecule has 0 aliphatic carbocycles. The summed E-state index contributed by atoms with van der Waals surface area (Å²) in [7, 11) is -11.0. The van der Waals surface area contributed by atoms with Gasteiger partial charge in [0.15, 0.2) is 29.5 Å². The van der Waals surface area contributed by atoms with Crippen molar-refractivity contribution < 1.29 is 57.5 Å². The number of para-hydroxylation sites is 2. The van der Waals surface area contributed by atoms with Crippen molar-refractivity contribution in [2.45, 2.75) is 41.2 Å². The quantitative estimate of drug-likeness (QED) is 0.113. The molecule has 4 atom stereocenters. The molecule has 1 N–H and O–H groups in total. The van der Waals surface area contributed by atoms with Crippen molar-refractivity contribution in [3.63, 3.8) is 0 Å². The fraction of sp³-hybridized carbons (Fsp3) is 0.262. The third kappa shape index (κ3) is 15.9. The van der Waals surface area contributed by atoms with Crippen LogP contribution in [0.2, 0.25) is 15.1 Å². The molecular weight excluding hydrogens is 1630 g/mol. The number of carbonyl (C=O) groups excluding carboxylic acids is 3. The molecule has 6 heterocycles.